The third kappa shape index (κ3) is 5.51. The molecule has 2 aromatic carbocycles. The second-order valence-electron chi connectivity index (χ2n) is 11.7. The zero-order valence-corrected chi connectivity index (χ0v) is 24.6. The van der Waals surface area contributed by atoms with Crippen molar-refractivity contribution in [3.63, 3.8) is 0 Å². The number of piperazine rings is 1. The number of aromatic nitrogens is 2. The highest BCUT2D eigenvalue weighted by atomic mass is 16.5. The number of likely N-dealkylation sites (N-methyl/N-ethyl adjacent to an activating group) is 1. The van der Waals surface area contributed by atoms with Gasteiger partial charge in [-0.1, -0.05) is 36.4 Å². The van der Waals surface area contributed by atoms with Crippen LogP contribution in [-0.4, -0.2) is 90.7 Å². The molecule has 0 bridgehead atoms. The molecule has 42 heavy (non-hydrogen) atoms. The van der Waals surface area contributed by atoms with Gasteiger partial charge in [0.1, 0.15) is 18.5 Å². The van der Waals surface area contributed by atoms with E-state index >= 15 is 0 Å². The van der Waals surface area contributed by atoms with Crippen LogP contribution in [0.1, 0.15) is 29.7 Å². The summed E-state index contributed by atoms with van der Waals surface area (Å²) in [6, 6.07) is 13.7. The number of aryl methyl sites for hydroxylation is 1. The summed E-state index contributed by atoms with van der Waals surface area (Å²) in [5.41, 5.74) is 4.58. The maximum atomic E-state index is 12.5. The van der Waals surface area contributed by atoms with Crippen molar-refractivity contribution in [2.75, 3.05) is 62.7 Å². The van der Waals surface area contributed by atoms with Crippen LogP contribution in [0.5, 0.6) is 6.01 Å². The maximum Gasteiger partial charge on any atom is 0.318 e. The molecule has 218 valence electrons. The second kappa shape index (κ2) is 12.0. The van der Waals surface area contributed by atoms with E-state index in [9.17, 15) is 4.79 Å². The van der Waals surface area contributed by atoms with E-state index in [4.69, 9.17) is 21.3 Å². The molecule has 1 aromatic heterocycles. The van der Waals surface area contributed by atoms with Crippen molar-refractivity contribution in [1.82, 2.24) is 19.8 Å². The number of ether oxygens (including phenoxy) is 1. The van der Waals surface area contributed by atoms with Gasteiger partial charge in [0, 0.05) is 48.9 Å². The summed E-state index contributed by atoms with van der Waals surface area (Å²) in [4.78, 5) is 34.9. The van der Waals surface area contributed by atoms with Crippen LogP contribution in [0.3, 0.4) is 0 Å². The number of anilines is 2. The highest BCUT2D eigenvalue weighted by molar-refractivity contribution is 5.95. The predicted molar refractivity (Wildman–Crippen MR) is 166 cm³/mol. The average Bonchev–Trinajstić information content (AvgIpc) is 3.43. The Bertz CT molecular complexity index is 1530. The zero-order chi connectivity index (χ0) is 29.2. The monoisotopic (exact) mass is 565 g/mol. The molecular weight excluding hydrogens is 526 g/mol. The molecule has 6 rings (SSSR count). The summed E-state index contributed by atoms with van der Waals surface area (Å²) in [7, 11) is 2.14. The maximum absolute atomic E-state index is 12.5. The zero-order valence-electron chi connectivity index (χ0n) is 24.6. The molecule has 4 heterocycles. The van der Waals surface area contributed by atoms with E-state index in [1.807, 2.05) is 0 Å². The van der Waals surface area contributed by atoms with Gasteiger partial charge in [-0.3, -0.25) is 4.79 Å². The Morgan fingerprint density at radius 1 is 1.14 bits per heavy atom. The fraction of sp³-hybridized carbons (Fsp3) is 0.455. The largest absolute Gasteiger partial charge is 0.462 e. The summed E-state index contributed by atoms with van der Waals surface area (Å²) in [5.74, 6) is 0.752. The Labute approximate surface area is 248 Å². The first-order chi connectivity index (χ1) is 20.4. The van der Waals surface area contributed by atoms with Crippen molar-refractivity contribution in [2.45, 2.75) is 44.8 Å². The average molecular weight is 566 g/mol. The summed E-state index contributed by atoms with van der Waals surface area (Å²) in [6.45, 7) is 18.4. The van der Waals surface area contributed by atoms with Crippen LogP contribution >= 0.6 is 0 Å². The first kappa shape index (κ1) is 28.0. The molecule has 0 aliphatic carbocycles. The molecule has 3 aliphatic rings. The highest BCUT2D eigenvalue weighted by Crippen LogP contribution is 2.35. The van der Waals surface area contributed by atoms with E-state index in [2.05, 4.69) is 76.5 Å². The Hall–Kier alpha value is -4.16. The van der Waals surface area contributed by atoms with E-state index < -0.39 is 0 Å². The summed E-state index contributed by atoms with van der Waals surface area (Å²) >= 11 is 0. The minimum atomic E-state index is -0.220. The molecule has 0 radical (unpaired) electrons. The lowest BCUT2D eigenvalue weighted by Gasteiger charge is -2.41. The number of nitrogens with zero attached hydrogens (tertiary/aromatic N) is 7. The number of hydrogen-bond acceptors (Lipinski definition) is 7. The summed E-state index contributed by atoms with van der Waals surface area (Å²) in [6.07, 6.45) is 4.43. The summed E-state index contributed by atoms with van der Waals surface area (Å²) in [5, 5.41) is 2.48. The van der Waals surface area contributed by atoms with E-state index in [-0.39, 0.29) is 18.5 Å². The lowest BCUT2D eigenvalue weighted by molar-refractivity contribution is -0.128. The van der Waals surface area contributed by atoms with E-state index in [1.54, 1.807) is 4.90 Å². The van der Waals surface area contributed by atoms with Gasteiger partial charge in [0.25, 0.3) is 0 Å². The predicted octanol–water partition coefficient (Wildman–Crippen LogP) is 4.10. The van der Waals surface area contributed by atoms with Gasteiger partial charge in [-0.2, -0.15) is 9.97 Å². The number of fused-ring (bicyclic) bond motifs is 2. The molecule has 2 saturated heterocycles. The van der Waals surface area contributed by atoms with Crippen molar-refractivity contribution in [1.29, 1.82) is 0 Å². The molecule has 3 aliphatic heterocycles. The number of amides is 1. The standard InChI is InChI=1S/C33H39N7O2/c1-5-31(41)40-17-16-39(20-26(40)19-34-3)32-27-13-15-38(30-10-6-8-24-12-11-23(2)18-28(24)30)21-29(27)35-33(36-32)42-22-25-9-7-14-37(25)4/h5-6,8,10-12,18,25-26H,1,7,9,13-17,19-22H2,2,4H3/t25-,26?/m0/s1. The van der Waals surface area contributed by atoms with Crippen molar-refractivity contribution in [2.24, 2.45) is 0 Å². The van der Waals surface area contributed by atoms with Crippen LogP contribution in [0.25, 0.3) is 15.6 Å². The first-order valence-corrected chi connectivity index (χ1v) is 14.9. The molecule has 0 spiro atoms. The van der Waals surface area contributed by atoms with Gasteiger partial charge in [0.05, 0.1) is 12.2 Å². The third-order valence-corrected chi connectivity index (χ3v) is 9.00. The van der Waals surface area contributed by atoms with Crippen LogP contribution in [0, 0.1) is 13.5 Å². The fourth-order valence-electron chi connectivity index (χ4n) is 6.64. The Balaban J connectivity index is 1.33. The third-order valence-electron chi connectivity index (χ3n) is 9.00. The molecule has 0 saturated carbocycles. The fourth-order valence-corrected chi connectivity index (χ4v) is 6.64. The highest BCUT2D eigenvalue weighted by Gasteiger charge is 2.35. The van der Waals surface area contributed by atoms with E-state index in [1.165, 1.54) is 34.5 Å². The number of likely N-dealkylation sites (tertiary alicyclic amines) is 1. The number of carbonyl (C=O) groups excluding carboxylic acids is 1. The first-order valence-electron chi connectivity index (χ1n) is 14.9. The lowest BCUT2D eigenvalue weighted by Crippen LogP contribution is -2.56. The number of hydrogen-bond donors (Lipinski definition) is 0. The van der Waals surface area contributed by atoms with E-state index in [0.717, 1.165) is 43.0 Å². The normalized spacial score (nSPS) is 20.8. The minimum Gasteiger partial charge on any atom is -0.462 e. The Morgan fingerprint density at radius 2 is 2.02 bits per heavy atom. The van der Waals surface area contributed by atoms with Gasteiger partial charge in [-0.15, -0.1) is 0 Å². The molecule has 1 unspecified atom stereocenters. The topological polar surface area (TPSA) is 69.4 Å². The molecular formula is C33H39N7O2. The van der Waals surface area contributed by atoms with Crippen molar-refractivity contribution < 1.29 is 9.53 Å². The number of rotatable bonds is 7. The van der Waals surface area contributed by atoms with Crippen molar-refractivity contribution in [3.05, 3.63) is 77.3 Å². The Morgan fingerprint density at radius 3 is 2.81 bits per heavy atom. The molecule has 1 amide bonds. The minimum absolute atomic E-state index is 0.126. The molecule has 2 atom stereocenters. The van der Waals surface area contributed by atoms with Gasteiger partial charge in [0.2, 0.25) is 12.5 Å². The molecule has 2 fully saturated rings. The smallest absolute Gasteiger partial charge is 0.318 e. The van der Waals surface area contributed by atoms with Crippen LogP contribution in [-0.2, 0) is 17.8 Å². The molecule has 9 nitrogen and oxygen atoms in total. The Kier molecular flexibility index (Phi) is 7.98. The molecule has 3 aromatic rings. The number of benzene rings is 2. The van der Waals surface area contributed by atoms with Crippen LogP contribution < -0.4 is 14.5 Å². The SMILES string of the molecule is [C-]#[N+]CC1CN(c2nc(OC[C@@H]3CCCN3C)nc3c2CCN(c2cccc4ccc(C)cc24)C3)CCN1C(=O)C=C. The van der Waals surface area contributed by atoms with Gasteiger partial charge in [0.15, 0.2) is 0 Å². The summed E-state index contributed by atoms with van der Waals surface area (Å²) < 4.78 is 6.30. The van der Waals surface area contributed by atoms with E-state index in [0.29, 0.717) is 44.8 Å². The van der Waals surface area contributed by atoms with Crippen LogP contribution in [0.4, 0.5) is 11.5 Å². The molecule has 9 heteroatoms. The van der Waals surface area contributed by atoms with Gasteiger partial charge >= 0.3 is 6.01 Å². The van der Waals surface area contributed by atoms with Crippen LogP contribution in [0.15, 0.2) is 49.1 Å². The lowest BCUT2D eigenvalue weighted by atomic mass is 10.0. The quantitative estimate of drug-likeness (QED) is 0.316. The molecule has 0 N–H and O–H groups in total. The number of carbonyl (C=O) groups is 1. The second-order valence-corrected chi connectivity index (χ2v) is 11.7. The van der Waals surface area contributed by atoms with Gasteiger partial charge in [-0.25, -0.2) is 6.57 Å². The van der Waals surface area contributed by atoms with Gasteiger partial charge in [-0.05, 0) is 63.4 Å². The van der Waals surface area contributed by atoms with Crippen molar-refractivity contribution >= 4 is 28.2 Å². The van der Waals surface area contributed by atoms with Gasteiger partial charge < -0.3 is 29.2 Å². The van der Waals surface area contributed by atoms with Crippen LogP contribution in [0.2, 0.25) is 0 Å². The van der Waals surface area contributed by atoms with Crippen molar-refractivity contribution in [3.8, 4) is 6.01 Å².